The first-order valence-electron chi connectivity index (χ1n) is 5.93. The number of allylic oxidation sites excluding steroid dienone is 3. The molecule has 6 heteroatoms. The maximum Gasteiger partial charge on any atom is 0.308 e. The molecule has 0 fully saturated rings. The molecule has 19 heavy (non-hydrogen) atoms. The van der Waals surface area contributed by atoms with E-state index in [4.69, 9.17) is 0 Å². The quantitative estimate of drug-likeness (QED) is 0.506. The maximum atomic E-state index is 11.4. The van der Waals surface area contributed by atoms with E-state index >= 15 is 0 Å². The van der Waals surface area contributed by atoms with Gasteiger partial charge in [0.05, 0.1) is 25.2 Å². The van der Waals surface area contributed by atoms with E-state index in [0.29, 0.717) is 0 Å². The fourth-order valence-corrected chi connectivity index (χ4v) is 1.67. The number of esters is 1. The van der Waals surface area contributed by atoms with Crippen molar-refractivity contribution < 1.29 is 29.3 Å². The third-order valence-electron chi connectivity index (χ3n) is 2.54. The van der Waals surface area contributed by atoms with Crippen LogP contribution < -0.4 is 0 Å². The minimum absolute atomic E-state index is 0.0737. The molecular weight excluding hydrogens is 252 g/mol. The van der Waals surface area contributed by atoms with Gasteiger partial charge in [-0.3, -0.25) is 14.4 Å². The molecule has 0 aromatic carbocycles. The van der Waals surface area contributed by atoms with Crippen LogP contribution >= 0.6 is 0 Å². The van der Waals surface area contributed by atoms with E-state index < -0.39 is 29.7 Å². The monoisotopic (exact) mass is 268 g/mol. The lowest BCUT2D eigenvalue weighted by Crippen LogP contribution is -2.27. The van der Waals surface area contributed by atoms with Gasteiger partial charge in [-0.2, -0.15) is 0 Å². The summed E-state index contributed by atoms with van der Waals surface area (Å²) >= 11 is 0. The Balaban J connectivity index is 2.55. The van der Waals surface area contributed by atoms with E-state index in [1.54, 1.807) is 6.92 Å². The van der Waals surface area contributed by atoms with Crippen molar-refractivity contribution in [3.05, 3.63) is 23.8 Å². The number of hydrogen-bond acceptors (Lipinski definition) is 6. The number of rotatable bonds is 6. The van der Waals surface area contributed by atoms with Crippen molar-refractivity contribution in [2.24, 2.45) is 0 Å². The number of carbonyl (C=O) groups is 3. The van der Waals surface area contributed by atoms with Crippen molar-refractivity contribution in [2.45, 2.75) is 32.0 Å². The van der Waals surface area contributed by atoms with Gasteiger partial charge in [-0.25, -0.2) is 0 Å². The van der Waals surface area contributed by atoms with Gasteiger partial charge < -0.3 is 14.9 Å². The SMILES string of the molecule is CCOC(=O)CC(O)CC(O)C1=CC(=O)C=CC1=O. The molecule has 6 nitrogen and oxygen atoms in total. The van der Waals surface area contributed by atoms with Gasteiger partial charge in [0.1, 0.15) is 0 Å². The lowest BCUT2D eigenvalue weighted by molar-refractivity contribution is -0.145. The fraction of sp³-hybridized carbons (Fsp3) is 0.462. The minimum Gasteiger partial charge on any atom is -0.466 e. The first-order chi connectivity index (χ1) is 8.93. The third-order valence-corrected chi connectivity index (χ3v) is 2.54. The molecule has 0 heterocycles. The van der Waals surface area contributed by atoms with E-state index in [1.165, 1.54) is 0 Å². The maximum absolute atomic E-state index is 11.4. The van der Waals surface area contributed by atoms with Gasteiger partial charge in [-0.1, -0.05) is 0 Å². The van der Waals surface area contributed by atoms with Crippen molar-refractivity contribution in [2.75, 3.05) is 6.61 Å². The summed E-state index contributed by atoms with van der Waals surface area (Å²) in [4.78, 5) is 33.7. The van der Waals surface area contributed by atoms with Gasteiger partial charge in [-0.15, -0.1) is 0 Å². The predicted molar refractivity (Wildman–Crippen MR) is 65.1 cm³/mol. The average molecular weight is 268 g/mol. The zero-order chi connectivity index (χ0) is 14.4. The number of hydrogen-bond donors (Lipinski definition) is 2. The number of ketones is 2. The van der Waals surface area contributed by atoms with Crippen LogP contribution in [0.1, 0.15) is 19.8 Å². The number of aliphatic hydroxyl groups excluding tert-OH is 2. The molecule has 2 atom stereocenters. The second kappa shape index (κ2) is 6.96. The molecule has 0 saturated carbocycles. The van der Waals surface area contributed by atoms with Crippen LogP contribution in [0.3, 0.4) is 0 Å². The first kappa shape index (κ1) is 15.3. The lowest BCUT2D eigenvalue weighted by atomic mass is 9.94. The number of ether oxygens (including phenoxy) is 1. The Morgan fingerprint density at radius 3 is 2.63 bits per heavy atom. The Kier molecular flexibility index (Phi) is 5.59. The van der Waals surface area contributed by atoms with Gasteiger partial charge >= 0.3 is 5.97 Å². The highest BCUT2D eigenvalue weighted by molar-refractivity contribution is 6.17. The number of aliphatic hydroxyl groups is 2. The molecule has 0 aromatic heterocycles. The average Bonchev–Trinajstić information content (AvgIpc) is 2.32. The van der Waals surface area contributed by atoms with Gasteiger partial charge in [0.25, 0.3) is 0 Å². The molecule has 1 aliphatic rings. The summed E-state index contributed by atoms with van der Waals surface area (Å²) in [6.45, 7) is 1.85. The van der Waals surface area contributed by atoms with E-state index in [2.05, 4.69) is 4.74 Å². The Morgan fingerprint density at radius 1 is 1.32 bits per heavy atom. The van der Waals surface area contributed by atoms with E-state index in [0.717, 1.165) is 18.2 Å². The molecule has 0 bridgehead atoms. The Morgan fingerprint density at radius 2 is 2.00 bits per heavy atom. The first-order valence-corrected chi connectivity index (χ1v) is 5.93. The van der Waals surface area contributed by atoms with Gasteiger partial charge in [-0.05, 0) is 25.2 Å². The lowest BCUT2D eigenvalue weighted by Gasteiger charge is -2.17. The Hall–Kier alpha value is -1.79. The summed E-state index contributed by atoms with van der Waals surface area (Å²) < 4.78 is 4.65. The molecular formula is C13H16O6. The summed E-state index contributed by atoms with van der Waals surface area (Å²) in [7, 11) is 0. The second-order valence-corrected chi connectivity index (χ2v) is 4.11. The molecule has 1 aliphatic carbocycles. The standard InChI is InChI=1S/C13H16O6/c1-2-19-13(18)7-9(15)6-12(17)10-5-8(14)3-4-11(10)16/h3-5,9,12,15,17H,2,6-7H2,1H3. The molecule has 0 saturated heterocycles. The molecule has 104 valence electrons. The summed E-state index contributed by atoms with van der Waals surface area (Å²) in [5, 5.41) is 19.4. The normalized spacial score (nSPS) is 17.9. The third kappa shape index (κ3) is 4.76. The highest BCUT2D eigenvalue weighted by Crippen LogP contribution is 2.16. The smallest absolute Gasteiger partial charge is 0.308 e. The van der Waals surface area contributed by atoms with Crippen molar-refractivity contribution >= 4 is 17.5 Å². The summed E-state index contributed by atoms with van der Waals surface area (Å²) in [5.41, 5.74) is -0.0737. The molecule has 0 spiro atoms. The van der Waals surface area contributed by atoms with Gasteiger partial charge in [0.15, 0.2) is 11.6 Å². The largest absolute Gasteiger partial charge is 0.466 e. The topological polar surface area (TPSA) is 101 Å². The second-order valence-electron chi connectivity index (χ2n) is 4.11. The van der Waals surface area contributed by atoms with Crippen LogP contribution in [0.15, 0.2) is 23.8 Å². The van der Waals surface area contributed by atoms with Crippen molar-refractivity contribution in [1.82, 2.24) is 0 Å². The van der Waals surface area contributed by atoms with Crippen LogP contribution in [0.25, 0.3) is 0 Å². The molecule has 0 aromatic rings. The van der Waals surface area contributed by atoms with E-state index in [1.807, 2.05) is 0 Å². The Bertz CT molecular complexity index is 434. The fourth-order valence-electron chi connectivity index (χ4n) is 1.67. The zero-order valence-electron chi connectivity index (χ0n) is 10.5. The minimum atomic E-state index is -1.29. The summed E-state index contributed by atoms with van der Waals surface area (Å²) in [6, 6.07) is 0. The highest BCUT2D eigenvalue weighted by atomic mass is 16.5. The molecule has 1 rings (SSSR count). The predicted octanol–water partition coefficient (Wildman–Crippen LogP) is -0.314. The van der Waals surface area contributed by atoms with Gasteiger partial charge in [0.2, 0.25) is 0 Å². The van der Waals surface area contributed by atoms with Crippen LogP contribution in [-0.2, 0) is 19.1 Å². The van der Waals surface area contributed by atoms with E-state index in [9.17, 15) is 24.6 Å². The van der Waals surface area contributed by atoms with Crippen LogP contribution in [0, 0.1) is 0 Å². The molecule has 2 N–H and O–H groups in total. The summed E-state index contributed by atoms with van der Waals surface area (Å²) in [6.07, 6.45) is 0.304. The molecule has 0 aliphatic heterocycles. The molecule has 2 unspecified atom stereocenters. The van der Waals surface area contributed by atoms with Crippen LogP contribution in [-0.4, -0.2) is 46.6 Å². The summed E-state index contributed by atoms with van der Waals surface area (Å²) in [5.74, 6) is -1.45. The van der Waals surface area contributed by atoms with Crippen LogP contribution in [0.4, 0.5) is 0 Å². The number of carbonyl (C=O) groups excluding carboxylic acids is 3. The molecule has 0 radical (unpaired) electrons. The highest BCUT2D eigenvalue weighted by Gasteiger charge is 2.24. The molecule has 0 amide bonds. The van der Waals surface area contributed by atoms with Crippen LogP contribution in [0.5, 0.6) is 0 Å². The van der Waals surface area contributed by atoms with Crippen molar-refractivity contribution in [3.63, 3.8) is 0 Å². The Labute approximate surface area is 110 Å². The van der Waals surface area contributed by atoms with Crippen LogP contribution in [0.2, 0.25) is 0 Å². The zero-order valence-corrected chi connectivity index (χ0v) is 10.5. The van der Waals surface area contributed by atoms with Gasteiger partial charge in [0, 0.05) is 12.0 Å². The van der Waals surface area contributed by atoms with Crippen molar-refractivity contribution in [1.29, 1.82) is 0 Å². The van der Waals surface area contributed by atoms with E-state index in [-0.39, 0.29) is 25.0 Å². The van der Waals surface area contributed by atoms with Crippen molar-refractivity contribution in [3.8, 4) is 0 Å².